The largest absolute Gasteiger partial charge is 0.310 e. The van der Waals surface area contributed by atoms with Crippen molar-refractivity contribution in [2.24, 2.45) is 0 Å². The van der Waals surface area contributed by atoms with Crippen LogP contribution in [0.2, 0.25) is 5.02 Å². The zero-order chi connectivity index (χ0) is 18.1. The van der Waals surface area contributed by atoms with E-state index in [2.05, 4.69) is 14.9 Å². The third-order valence-electron chi connectivity index (χ3n) is 4.60. The fourth-order valence-electron chi connectivity index (χ4n) is 3.32. The Morgan fingerprint density at radius 1 is 1.15 bits per heavy atom. The first kappa shape index (κ1) is 16.9. The monoisotopic (exact) mass is 366 g/mol. The second-order valence-electron chi connectivity index (χ2n) is 6.56. The summed E-state index contributed by atoms with van der Waals surface area (Å²) in [5.74, 6) is 0.680. The lowest BCUT2D eigenvalue weighted by atomic mass is 10.1. The molecule has 132 valence electrons. The van der Waals surface area contributed by atoms with Crippen molar-refractivity contribution < 1.29 is 0 Å². The number of H-pyrrole nitrogens is 1. The van der Waals surface area contributed by atoms with Crippen LogP contribution < -0.4 is 5.56 Å². The Bertz CT molecular complexity index is 997. The second kappa shape index (κ2) is 7.02. The number of rotatable bonds is 3. The molecule has 0 saturated heterocycles. The van der Waals surface area contributed by atoms with Crippen molar-refractivity contribution in [2.45, 2.75) is 26.4 Å². The summed E-state index contributed by atoms with van der Waals surface area (Å²) in [7, 11) is 0. The van der Waals surface area contributed by atoms with Gasteiger partial charge in [-0.15, -0.1) is 0 Å². The van der Waals surface area contributed by atoms with Crippen molar-refractivity contribution in [1.29, 1.82) is 0 Å². The number of hydrogen-bond donors (Lipinski definition) is 1. The lowest BCUT2D eigenvalue weighted by Gasteiger charge is -2.27. The van der Waals surface area contributed by atoms with Crippen LogP contribution in [-0.4, -0.2) is 26.4 Å². The van der Waals surface area contributed by atoms with Crippen molar-refractivity contribution in [2.75, 3.05) is 6.54 Å². The second-order valence-corrected chi connectivity index (χ2v) is 6.99. The van der Waals surface area contributed by atoms with Crippen LogP contribution in [0.5, 0.6) is 0 Å². The van der Waals surface area contributed by atoms with E-state index in [1.165, 1.54) is 0 Å². The molecule has 0 saturated carbocycles. The number of aromatic nitrogens is 3. The lowest BCUT2D eigenvalue weighted by Crippen LogP contribution is -2.35. The summed E-state index contributed by atoms with van der Waals surface area (Å²) in [5, 5.41) is 0.714. The van der Waals surface area contributed by atoms with E-state index in [4.69, 9.17) is 16.6 Å². The number of halogens is 1. The van der Waals surface area contributed by atoms with Crippen LogP contribution in [0.4, 0.5) is 0 Å². The molecule has 1 aromatic carbocycles. The zero-order valence-electron chi connectivity index (χ0n) is 14.5. The third kappa shape index (κ3) is 3.54. The summed E-state index contributed by atoms with van der Waals surface area (Å²) in [6.45, 7) is 4.00. The van der Waals surface area contributed by atoms with Gasteiger partial charge in [0.1, 0.15) is 5.82 Å². The fourth-order valence-corrected chi connectivity index (χ4v) is 3.44. The van der Waals surface area contributed by atoms with Gasteiger partial charge in [0.15, 0.2) is 0 Å². The normalized spacial score (nSPS) is 14.2. The SMILES string of the molecule is Cc1nc2c(c(=O)[nH]1)CN(Cc1cccc(-c3ccc(Cl)cc3)n1)CC2. The van der Waals surface area contributed by atoms with Crippen LogP contribution in [-0.2, 0) is 19.5 Å². The molecule has 1 aliphatic heterocycles. The Kier molecular flexibility index (Phi) is 4.57. The van der Waals surface area contributed by atoms with E-state index >= 15 is 0 Å². The van der Waals surface area contributed by atoms with Gasteiger partial charge in [-0.1, -0.05) is 29.8 Å². The number of aromatic amines is 1. The van der Waals surface area contributed by atoms with Crippen molar-refractivity contribution in [3.05, 3.63) is 80.6 Å². The minimum Gasteiger partial charge on any atom is -0.310 e. The number of fused-ring (bicyclic) bond motifs is 1. The molecule has 5 nitrogen and oxygen atoms in total. The van der Waals surface area contributed by atoms with Gasteiger partial charge in [-0.3, -0.25) is 14.7 Å². The Morgan fingerprint density at radius 2 is 1.96 bits per heavy atom. The van der Waals surface area contributed by atoms with E-state index in [1.807, 2.05) is 49.4 Å². The van der Waals surface area contributed by atoms with Gasteiger partial charge in [0.05, 0.1) is 22.6 Å². The average molecular weight is 367 g/mol. The predicted molar refractivity (Wildman–Crippen MR) is 102 cm³/mol. The summed E-state index contributed by atoms with van der Waals surface area (Å²) in [5.41, 5.74) is 4.61. The molecular formula is C20H19ClN4O. The average Bonchev–Trinajstić information content (AvgIpc) is 2.63. The van der Waals surface area contributed by atoms with Crippen LogP contribution in [0.15, 0.2) is 47.3 Å². The zero-order valence-corrected chi connectivity index (χ0v) is 15.3. The smallest absolute Gasteiger partial charge is 0.255 e. The van der Waals surface area contributed by atoms with E-state index in [-0.39, 0.29) is 5.56 Å². The molecule has 0 radical (unpaired) electrons. The highest BCUT2D eigenvalue weighted by Gasteiger charge is 2.21. The van der Waals surface area contributed by atoms with Crippen LogP contribution in [0, 0.1) is 6.92 Å². The highest BCUT2D eigenvalue weighted by atomic mass is 35.5. The maximum atomic E-state index is 12.2. The highest BCUT2D eigenvalue weighted by molar-refractivity contribution is 6.30. The summed E-state index contributed by atoms with van der Waals surface area (Å²) >= 11 is 5.96. The number of nitrogens with zero attached hydrogens (tertiary/aromatic N) is 3. The van der Waals surface area contributed by atoms with Crippen LogP contribution in [0.3, 0.4) is 0 Å². The molecule has 1 aliphatic rings. The molecule has 6 heteroatoms. The van der Waals surface area contributed by atoms with Crippen LogP contribution in [0.25, 0.3) is 11.3 Å². The summed E-state index contributed by atoms with van der Waals surface area (Å²) in [4.78, 5) is 26.5. The van der Waals surface area contributed by atoms with Crippen molar-refractivity contribution in [3.63, 3.8) is 0 Å². The molecular weight excluding hydrogens is 348 g/mol. The van der Waals surface area contributed by atoms with E-state index in [9.17, 15) is 4.79 Å². The molecule has 0 spiro atoms. The van der Waals surface area contributed by atoms with E-state index in [1.54, 1.807) is 0 Å². The highest BCUT2D eigenvalue weighted by Crippen LogP contribution is 2.21. The summed E-state index contributed by atoms with van der Waals surface area (Å²) in [6, 6.07) is 13.7. The first-order chi connectivity index (χ1) is 12.6. The third-order valence-corrected chi connectivity index (χ3v) is 4.85. The van der Waals surface area contributed by atoms with Gasteiger partial charge in [-0.05, 0) is 31.2 Å². The molecule has 0 amide bonds. The van der Waals surface area contributed by atoms with Gasteiger partial charge in [-0.25, -0.2) is 4.98 Å². The molecule has 1 N–H and O–H groups in total. The van der Waals surface area contributed by atoms with Gasteiger partial charge in [0.25, 0.3) is 5.56 Å². The maximum absolute atomic E-state index is 12.2. The molecule has 2 aromatic heterocycles. The first-order valence-electron chi connectivity index (χ1n) is 8.61. The van der Waals surface area contributed by atoms with Gasteiger partial charge in [0, 0.05) is 36.6 Å². The van der Waals surface area contributed by atoms with Gasteiger partial charge in [0.2, 0.25) is 0 Å². The molecule has 0 fully saturated rings. The number of benzene rings is 1. The molecule has 0 unspecified atom stereocenters. The quantitative estimate of drug-likeness (QED) is 0.772. The Hall–Kier alpha value is -2.50. The van der Waals surface area contributed by atoms with E-state index in [0.29, 0.717) is 23.9 Å². The van der Waals surface area contributed by atoms with Gasteiger partial charge < -0.3 is 4.98 Å². The molecule has 4 rings (SSSR count). The van der Waals surface area contributed by atoms with Gasteiger partial charge in [-0.2, -0.15) is 0 Å². The number of nitrogens with one attached hydrogen (secondary N) is 1. The van der Waals surface area contributed by atoms with Crippen molar-refractivity contribution >= 4 is 11.6 Å². The molecule has 0 atom stereocenters. The Balaban J connectivity index is 1.54. The van der Waals surface area contributed by atoms with Crippen molar-refractivity contribution in [3.8, 4) is 11.3 Å². The molecule has 0 aliphatic carbocycles. The van der Waals surface area contributed by atoms with E-state index < -0.39 is 0 Å². The number of hydrogen-bond acceptors (Lipinski definition) is 4. The van der Waals surface area contributed by atoms with Crippen molar-refractivity contribution in [1.82, 2.24) is 19.9 Å². The fraction of sp³-hybridized carbons (Fsp3) is 0.250. The van der Waals surface area contributed by atoms with E-state index in [0.717, 1.165) is 41.2 Å². The predicted octanol–water partition coefficient (Wildman–Crippen LogP) is 3.35. The molecule has 3 aromatic rings. The number of pyridine rings is 1. The minimum absolute atomic E-state index is 0.0277. The topological polar surface area (TPSA) is 61.9 Å². The molecule has 0 bridgehead atoms. The van der Waals surface area contributed by atoms with Crippen LogP contribution >= 0.6 is 11.6 Å². The maximum Gasteiger partial charge on any atom is 0.255 e. The first-order valence-corrected chi connectivity index (χ1v) is 8.99. The summed E-state index contributed by atoms with van der Waals surface area (Å²) < 4.78 is 0. The van der Waals surface area contributed by atoms with Gasteiger partial charge >= 0.3 is 0 Å². The van der Waals surface area contributed by atoms with Crippen LogP contribution in [0.1, 0.15) is 22.8 Å². The number of aryl methyl sites for hydroxylation is 1. The molecule has 3 heterocycles. The lowest BCUT2D eigenvalue weighted by molar-refractivity contribution is 0.239. The minimum atomic E-state index is -0.0277. The molecule has 26 heavy (non-hydrogen) atoms. The Labute approximate surface area is 156 Å². The Morgan fingerprint density at radius 3 is 2.77 bits per heavy atom. The standard InChI is InChI=1S/C20H19ClN4O/c1-13-22-19-9-10-25(12-17(19)20(26)23-13)11-16-3-2-4-18(24-16)14-5-7-15(21)8-6-14/h2-8H,9-12H2,1H3,(H,22,23,26). The summed E-state index contributed by atoms with van der Waals surface area (Å²) in [6.07, 6.45) is 0.789.